The largest absolute Gasteiger partial charge is 0.365 e. The maximum absolute atomic E-state index is 5.88. The van der Waals surface area contributed by atoms with E-state index in [2.05, 4.69) is 20.4 Å². The van der Waals surface area contributed by atoms with Crippen LogP contribution in [0.2, 0.25) is 5.02 Å². The number of fused-ring (bicyclic) bond motifs is 1. The van der Waals surface area contributed by atoms with Crippen molar-refractivity contribution in [1.29, 1.82) is 0 Å². The van der Waals surface area contributed by atoms with E-state index in [1.54, 1.807) is 11.0 Å². The summed E-state index contributed by atoms with van der Waals surface area (Å²) in [6, 6.07) is 7.74. The molecule has 0 atom stereocenters. The second-order valence-corrected chi connectivity index (χ2v) is 5.05. The smallest absolute Gasteiger partial charge is 0.163 e. The van der Waals surface area contributed by atoms with Crippen LogP contribution < -0.4 is 5.32 Å². The molecule has 2 aromatic heterocycles. The van der Waals surface area contributed by atoms with E-state index in [-0.39, 0.29) is 0 Å². The number of aromatic nitrogens is 4. The fourth-order valence-corrected chi connectivity index (χ4v) is 2.33. The van der Waals surface area contributed by atoms with E-state index >= 15 is 0 Å². The molecule has 0 radical (unpaired) electrons. The zero-order valence-electron chi connectivity index (χ0n) is 11.3. The Labute approximate surface area is 121 Å². The number of halogens is 1. The van der Waals surface area contributed by atoms with Crippen LogP contribution in [0.15, 0.2) is 30.6 Å². The second kappa shape index (κ2) is 5.09. The minimum Gasteiger partial charge on any atom is -0.365 e. The average molecular weight is 288 g/mol. The molecule has 0 amide bonds. The van der Waals surface area contributed by atoms with Crippen molar-refractivity contribution in [1.82, 2.24) is 19.7 Å². The number of nitrogens with zero attached hydrogens (tertiary/aromatic N) is 4. The quantitative estimate of drug-likeness (QED) is 0.805. The molecule has 5 nitrogen and oxygen atoms in total. The molecule has 1 N–H and O–H groups in total. The molecule has 0 saturated carbocycles. The molecule has 0 fully saturated rings. The molecule has 3 aromatic rings. The molecule has 0 aliphatic rings. The van der Waals surface area contributed by atoms with Gasteiger partial charge in [-0.3, -0.25) is 4.68 Å². The van der Waals surface area contributed by atoms with Gasteiger partial charge in [-0.25, -0.2) is 9.97 Å². The highest BCUT2D eigenvalue weighted by Gasteiger charge is 2.11. The summed E-state index contributed by atoms with van der Waals surface area (Å²) >= 11 is 5.88. The van der Waals surface area contributed by atoms with Crippen LogP contribution in [-0.4, -0.2) is 19.7 Å². The molecule has 0 aliphatic carbocycles. The molecule has 0 saturated heterocycles. The van der Waals surface area contributed by atoms with Crippen molar-refractivity contribution < 1.29 is 0 Å². The molecule has 20 heavy (non-hydrogen) atoms. The van der Waals surface area contributed by atoms with E-state index in [9.17, 15) is 0 Å². The highest BCUT2D eigenvalue weighted by atomic mass is 35.5. The first-order valence-electron chi connectivity index (χ1n) is 6.28. The fourth-order valence-electron chi connectivity index (χ4n) is 2.20. The number of nitrogens with one attached hydrogen (secondary N) is 1. The van der Waals surface area contributed by atoms with Gasteiger partial charge in [-0.2, -0.15) is 5.10 Å². The van der Waals surface area contributed by atoms with E-state index in [1.165, 1.54) is 0 Å². The van der Waals surface area contributed by atoms with Gasteiger partial charge >= 0.3 is 0 Å². The maximum Gasteiger partial charge on any atom is 0.163 e. The number of benzene rings is 1. The standard InChI is InChI=1S/C14H14ClN5/c1-9-12-13(17-8-18-14(12)20(2)19-9)16-7-10-3-5-11(15)6-4-10/h3-6,8H,7H2,1-2H3,(H,16,17,18). The number of anilines is 1. The van der Waals surface area contributed by atoms with Crippen LogP contribution in [0.1, 0.15) is 11.3 Å². The summed E-state index contributed by atoms with van der Waals surface area (Å²) < 4.78 is 1.76. The molecular weight excluding hydrogens is 274 g/mol. The topological polar surface area (TPSA) is 55.6 Å². The van der Waals surface area contributed by atoms with Crippen LogP contribution >= 0.6 is 11.6 Å². The molecule has 0 spiro atoms. The summed E-state index contributed by atoms with van der Waals surface area (Å²) in [6.45, 7) is 2.64. The summed E-state index contributed by atoms with van der Waals surface area (Å²) in [7, 11) is 1.88. The summed E-state index contributed by atoms with van der Waals surface area (Å²) in [5.41, 5.74) is 2.89. The first kappa shape index (κ1) is 12.9. The number of hydrogen-bond acceptors (Lipinski definition) is 4. The fraction of sp³-hybridized carbons (Fsp3) is 0.214. The minimum atomic E-state index is 0.678. The Hall–Kier alpha value is -2.14. The average Bonchev–Trinajstić information content (AvgIpc) is 2.74. The van der Waals surface area contributed by atoms with Crippen molar-refractivity contribution in [3.8, 4) is 0 Å². The van der Waals surface area contributed by atoms with Crippen LogP contribution in [0, 0.1) is 6.92 Å². The van der Waals surface area contributed by atoms with Gasteiger partial charge in [-0.1, -0.05) is 23.7 Å². The van der Waals surface area contributed by atoms with Gasteiger partial charge in [0.15, 0.2) is 5.65 Å². The van der Waals surface area contributed by atoms with E-state index in [0.717, 1.165) is 33.1 Å². The number of hydrogen-bond donors (Lipinski definition) is 1. The molecule has 0 bridgehead atoms. The molecule has 102 valence electrons. The number of rotatable bonds is 3. The summed E-state index contributed by atoms with van der Waals surface area (Å²) in [5, 5.41) is 9.40. The maximum atomic E-state index is 5.88. The van der Waals surface area contributed by atoms with Crippen LogP contribution in [0.3, 0.4) is 0 Å². The highest BCUT2D eigenvalue weighted by Crippen LogP contribution is 2.22. The first-order valence-corrected chi connectivity index (χ1v) is 6.65. The minimum absolute atomic E-state index is 0.678. The van der Waals surface area contributed by atoms with Crippen LogP contribution in [0.4, 0.5) is 5.82 Å². The Bertz CT molecular complexity index is 748. The van der Waals surface area contributed by atoms with Gasteiger partial charge < -0.3 is 5.32 Å². The van der Waals surface area contributed by atoms with E-state index in [1.807, 2.05) is 38.2 Å². The Balaban J connectivity index is 1.89. The van der Waals surface area contributed by atoms with E-state index in [0.29, 0.717) is 6.54 Å². The van der Waals surface area contributed by atoms with Crippen molar-refractivity contribution in [2.45, 2.75) is 13.5 Å². The Morgan fingerprint density at radius 1 is 1.20 bits per heavy atom. The van der Waals surface area contributed by atoms with Gasteiger partial charge in [0.25, 0.3) is 0 Å². The van der Waals surface area contributed by atoms with Crippen molar-refractivity contribution in [3.05, 3.63) is 46.9 Å². The van der Waals surface area contributed by atoms with Crippen molar-refractivity contribution in [3.63, 3.8) is 0 Å². The highest BCUT2D eigenvalue weighted by molar-refractivity contribution is 6.30. The normalized spacial score (nSPS) is 10.9. The molecular formula is C14H14ClN5. The predicted octanol–water partition coefficient (Wildman–Crippen LogP) is 2.94. The predicted molar refractivity (Wildman–Crippen MR) is 79.8 cm³/mol. The molecule has 6 heteroatoms. The van der Waals surface area contributed by atoms with Crippen molar-refractivity contribution in [2.75, 3.05) is 5.32 Å². The van der Waals surface area contributed by atoms with Gasteiger partial charge in [0, 0.05) is 18.6 Å². The van der Waals surface area contributed by atoms with Crippen LogP contribution in [0.25, 0.3) is 11.0 Å². The lowest BCUT2D eigenvalue weighted by Crippen LogP contribution is -2.02. The molecule has 3 rings (SSSR count). The Morgan fingerprint density at radius 3 is 2.70 bits per heavy atom. The van der Waals surface area contributed by atoms with Gasteiger partial charge in [-0.05, 0) is 24.6 Å². The first-order chi connectivity index (χ1) is 9.65. The molecule has 1 aromatic carbocycles. The summed E-state index contributed by atoms with van der Waals surface area (Å²) in [5.74, 6) is 0.801. The van der Waals surface area contributed by atoms with Gasteiger partial charge in [0.2, 0.25) is 0 Å². The monoisotopic (exact) mass is 287 g/mol. The SMILES string of the molecule is Cc1nn(C)c2ncnc(NCc3ccc(Cl)cc3)c12. The van der Waals surface area contributed by atoms with Crippen LogP contribution in [0.5, 0.6) is 0 Å². The lowest BCUT2D eigenvalue weighted by molar-refractivity contribution is 0.773. The summed E-state index contributed by atoms with van der Waals surface area (Å²) in [6.07, 6.45) is 1.55. The molecule has 2 heterocycles. The number of aryl methyl sites for hydroxylation is 2. The van der Waals surface area contributed by atoms with Crippen molar-refractivity contribution in [2.24, 2.45) is 7.05 Å². The van der Waals surface area contributed by atoms with Gasteiger partial charge in [0.05, 0.1) is 11.1 Å². The zero-order valence-corrected chi connectivity index (χ0v) is 12.0. The van der Waals surface area contributed by atoms with E-state index in [4.69, 9.17) is 11.6 Å². The third kappa shape index (κ3) is 2.32. The lowest BCUT2D eigenvalue weighted by atomic mass is 10.2. The van der Waals surface area contributed by atoms with Crippen molar-refractivity contribution >= 4 is 28.5 Å². The zero-order chi connectivity index (χ0) is 14.1. The van der Waals surface area contributed by atoms with Gasteiger partial charge in [0.1, 0.15) is 12.1 Å². The Morgan fingerprint density at radius 2 is 1.95 bits per heavy atom. The van der Waals surface area contributed by atoms with E-state index < -0.39 is 0 Å². The molecule has 0 unspecified atom stereocenters. The van der Waals surface area contributed by atoms with Gasteiger partial charge in [-0.15, -0.1) is 0 Å². The third-order valence-electron chi connectivity index (χ3n) is 3.17. The lowest BCUT2D eigenvalue weighted by Gasteiger charge is -2.07. The third-order valence-corrected chi connectivity index (χ3v) is 3.42. The Kier molecular flexibility index (Phi) is 3.28. The second-order valence-electron chi connectivity index (χ2n) is 4.61. The van der Waals surface area contributed by atoms with Crippen LogP contribution in [-0.2, 0) is 13.6 Å². The summed E-state index contributed by atoms with van der Waals surface area (Å²) in [4.78, 5) is 8.57. The molecule has 0 aliphatic heterocycles.